The number of aromatic amines is 1. The van der Waals surface area contributed by atoms with Crippen LogP contribution in [0, 0.1) is 20.8 Å². The summed E-state index contributed by atoms with van der Waals surface area (Å²) in [6.07, 6.45) is 6.54. The number of benzene rings is 1. The summed E-state index contributed by atoms with van der Waals surface area (Å²) in [5.41, 5.74) is 7.85. The van der Waals surface area contributed by atoms with Gasteiger partial charge in [-0.05, 0) is 50.5 Å². The molecule has 0 bridgehead atoms. The highest BCUT2D eigenvalue weighted by molar-refractivity contribution is 6.35. The van der Waals surface area contributed by atoms with E-state index in [0.29, 0.717) is 17.7 Å². The molecule has 3 rings (SSSR count). The summed E-state index contributed by atoms with van der Waals surface area (Å²) in [7, 11) is 0. The number of aryl methyl sites for hydroxylation is 2. The van der Waals surface area contributed by atoms with Crippen molar-refractivity contribution in [2.24, 2.45) is 0 Å². The average Bonchev–Trinajstić information content (AvgIpc) is 3.24. The Hall–Kier alpha value is -3.39. The van der Waals surface area contributed by atoms with Gasteiger partial charge >= 0.3 is 0 Å². The van der Waals surface area contributed by atoms with E-state index in [0.717, 1.165) is 46.6 Å². The highest BCUT2D eigenvalue weighted by Gasteiger charge is 2.26. The smallest absolute Gasteiger partial charge is 0.256 e. The van der Waals surface area contributed by atoms with Gasteiger partial charge in [-0.15, -0.1) is 0 Å². The van der Waals surface area contributed by atoms with Crippen LogP contribution < -0.4 is 16.1 Å². The van der Waals surface area contributed by atoms with Gasteiger partial charge in [0, 0.05) is 29.2 Å². The molecule has 0 saturated heterocycles. The minimum atomic E-state index is -0.113. The highest BCUT2D eigenvalue weighted by atomic mass is 16.5. The molecule has 32 heavy (non-hydrogen) atoms. The summed E-state index contributed by atoms with van der Waals surface area (Å²) in [5.74, 6) is -0.169. The van der Waals surface area contributed by atoms with Crippen molar-refractivity contribution in [3.63, 3.8) is 0 Å². The van der Waals surface area contributed by atoms with Crippen LogP contribution in [0.1, 0.15) is 71.0 Å². The number of nitrogens with one attached hydrogen (secondary N) is 4. The Morgan fingerprint density at radius 2 is 1.88 bits per heavy atom. The van der Waals surface area contributed by atoms with Crippen LogP contribution in [0.15, 0.2) is 18.2 Å². The van der Waals surface area contributed by atoms with Gasteiger partial charge in [-0.3, -0.25) is 19.6 Å². The maximum absolute atomic E-state index is 12.7. The van der Waals surface area contributed by atoms with Crippen molar-refractivity contribution in [2.45, 2.75) is 53.4 Å². The second-order valence-corrected chi connectivity index (χ2v) is 7.74. The van der Waals surface area contributed by atoms with E-state index >= 15 is 0 Å². The van der Waals surface area contributed by atoms with Gasteiger partial charge < -0.3 is 15.6 Å². The molecule has 0 radical (unpaired) electrons. The molecule has 1 aliphatic heterocycles. The van der Waals surface area contributed by atoms with Gasteiger partial charge in [-0.2, -0.15) is 0 Å². The topological polar surface area (TPSA) is 123 Å². The average molecular weight is 441 g/mol. The van der Waals surface area contributed by atoms with E-state index in [2.05, 4.69) is 22.5 Å². The number of hydrogen-bond acceptors (Lipinski definition) is 4. The van der Waals surface area contributed by atoms with E-state index in [-0.39, 0.29) is 18.2 Å². The zero-order valence-corrected chi connectivity index (χ0v) is 19.1. The molecule has 0 aliphatic carbocycles. The minimum absolute atomic E-state index is 0.0557. The monoisotopic (exact) mass is 440 g/mol. The quantitative estimate of drug-likeness (QED) is 0.141. The molecule has 5 N–H and O–H groups in total. The summed E-state index contributed by atoms with van der Waals surface area (Å²) in [6, 6.07) is 5.84. The zero-order chi connectivity index (χ0) is 23.7. The summed E-state index contributed by atoms with van der Waals surface area (Å²) in [4.78, 5) is 37.2. The standard InChI is InChI=1S/C23H29N3O2.CH3NO2/c1-5-6-7-8-12-24-23(28)21-15(3)19(25-16(21)4)13-17-20-14(2)10-9-11-18(20)26-22(17)27;3-1-2-4/h9-11,13,25H,5-8,12H2,1-4H3,(H,24,28)(H,26,27);1,4H,(H,2,3)/b17-13-;. The van der Waals surface area contributed by atoms with Crippen LogP contribution in [-0.4, -0.2) is 35.0 Å². The Balaban J connectivity index is 0.000000837. The molecule has 8 heteroatoms. The van der Waals surface area contributed by atoms with E-state index in [1.807, 2.05) is 45.0 Å². The number of carbonyl (C=O) groups is 3. The Bertz CT molecular complexity index is 1010. The normalized spacial score (nSPS) is 13.2. The van der Waals surface area contributed by atoms with Crippen LogP contribution in [0.5, 0.6) is 0 Å². The lowest BCUT2D eigenvalue weighted by Crippen LogP contribution is -2.25. The van der Waals surface area contributed by atoms with Gasteiger partial charge in [0.2, 0.25) is 6.41 Å². The predicted octanol–water partition coefficient (Wildman–Crippen LogP) is 3.86. The van der Waals surface area contributed by atoms with E-state index in [9.17, 15) is 9.59 Å². The van der Waals surface area contributed by atoms with Crippen molar-refractivity contribution in [1.29, 1.82) is 0 Å². The second kappa shape index (κ2) is 11.9. The molecule has 2 heterocycles. The number of hydrogen-bond donors (Lipinski definition) is 5. The van der Waals surface area contributed by atoms with Gasteiger partial charge in [-0.1, -0.05) is 38.3 Å². The number of aromatic nitrogens is 1. The van der Waals surface area contributed by atoms with Crippen LogP contribution >= 0.6 is 0 Å². The lowest BCUT2D eigenvalue weighted by atomic mass is 9.99. The van der Waals surface area contributed by atoms with Crippen molar-refractivity contribution in [2.75, 3.05) is 11.9 Å². The molecule has 1 aromatic carbocycles. The molecule has 0 atom stereocenters. The first-order valence-electron chi connectivity index (χ1n) is 10.8. The van der Waals surface area contributed by atoms with Gasteiger partial charge in [0.05, 0.1) is 11.1 Å². The molecule has 0 spiro atoms. The van der Waals surface area contributed by atoms with Gasteiger partial charge in [0.1, 0.15) is 0 Å². The molecule has 0 saturated carbocycles. The highest BCUT2D eigenvalue weighted by Crippen LogP contribution is 2.36. The van der Waals surface area contributed by atoms with E-state index in [4.69, 9.17) is 10.0 Å². The number of hydroxylamine groups is 1. The summed E-state index contributed by atoms with van der Waals surface area (Å²) >= 11 is 0. The van der Waals surface area contributed by atoms with Crippen molar-refractivity contribution in [1.82, 2.24) is 15.8 Å². The van der Waals surface area contributed by atoms with Crippen molar-refractivity contribution in [3.05, 3.63) is 51.8 Å². The molecular weight excluding hydrogens is 408 g/mol. The van der Waals surface area contributed by atoms with Crippen LogP contribution in [0.25, 0.3) is 11.6 Å². The number of anilines is 1. The van der Waals surface area contributed by atoms with E-state index < -0.39 is 0 Å². The molecule has 0 fully saturated rings. The minimum Gasteiger partial charge on any atom is -0.358 e. The number of unbranched alkanes of at least 4 members (excludes halogenated alkanes) is 3. The molecule has 3 amide bonds. The fourth-order valence-electron chi connectivity index (χ4n) is 3.82. The third-order valence-corrected chi connectivity index (χ3v) is 5.40. The molecule has 8 nitrogen and oxygen atoms in total. The first-order chi connectivity index (χ1) is 15.3. The molecule has 1 aromatic heterocycles. The first-order valence-corrected chi connectivity index (χ1v) is 10.8. The summed E-state index contributed by atoms with van der Waals surface area (Å²) in [5, 5.41) is 13.2. The predicted molar refractivity (Wildman–Crippen MR) is 125 cm³/mol. The SMILES string of the molecule is CCCCCCNC(=O)c1c(C)[nH]c(/C=C2\C(=O)Nc3cccc(C)c32)c1C.O=CNO. The van der Waals surface area contributed by atoms with Crippen LogP contribution in [0.2, 0.25) is 0 Å². The van der Waals surface area contributed by atoms with Crippen LogP contribution in [-0.2, 0) is 9.59 Å². The van der Waals surface area contributed by atoms with Crippen LogP contribution in [0.4, 0.5) is 5.69 Å². The van der Waals surface area contributed by atoms with Gasteiger partial charge in [0.15, 0.2) is 0 Å². The Morgan fingerprint density at radius 1 is 1.16 bits per heavy atom. The Morgan fingerprint density at radius 3 is 2.53 bits per heavy atom. The largest absolute Gasteiger partial charge is 0.358 e. The van der Waals surface area contributed by atoms with Crippen LogP contribution in [0.3, 0.4) is 0 Å². The molecule has 172 valence electrons. The van der Waals surface area contributed by atoms with Crippen molar-refractivity contribution >= 4 is 35.6 Å². The lowest BCUT2D eigenvalue weighted by molar-refractivity contribution is -0.116. The molecule has 1 aliphatic rings. The Kier molecular flexibility index (Phi) is 9.22. The molecular formula is C24H32N4O4. The van der Waals surface area contributed by atoms with E-state index in [1.165, 1.54) is 18.3 Å². The third-order valence-electron chi connectivity index (χ3n) is 5.40. The number of rotatable bonds is 8. The first kappa shape index (κ1) is 24.9. The van der Waals surface area contributed by atoms with Gasteiger partial charge in [0.25, 0.3) is 11.8 Å². The Labute approximate surface area is 188 Å². The maximum atomic E-state index is 12.7. The number of fused-ring (bicyclic) bond motifs is 1. The van der Waals surface area contributed by atoms with Gasteiger partial charge in [-0.25, -0.2) is 5.48 Å². The fourth-order valence-corrected chi connectivity index (χ4v) is 3.82. The van der Waals surface area contributed by atoms with Crippen molar-refractivity contribution in [3.8, 4) is 0 Å². The third kappa shape index (κ3) is 5.85. The van der Waals surface area contributed by atoms with E-state index in [1.54, 1.807) is 0 Å². The molecule has 0 unspecified atom stereocenters. The maximum Gasteiger partial charge on any atom is 0.256 e. The number of amides is 3. The summed E-state index contributed by atoms with van der Waals surface area (Å²) < 4.78 is 0. The number of carbonyl (C=O) groups excluding carboxylic acids is 3. The summed E-state index contributed by atoms with van der Waals surface area (Å²) in [6.45, 7) is 8.68. The number of H-pyrrole nitrogens is 1. The molecule has 2 aromatic rings. The van der Waals surface area contributed by atoms with Crippen molar-refractivity contribution < 1.29 is 19.6 Å². The lowest BCUT2D eigenvalue weighted by Gasteiger charge is -2.06. The fraction of sp³-hybridized carbons (Fsp3) is 0.375. The zero-order valence-electron chi connectivity index (χ0n) is 19.1. The second-order valence-electron chi connectivity index (χ2n) is 7.74.